The van der Waals surface area contributed by atoms with Gasteiger partial charge in [-0.1, -0.05) is 95.2 Å². The lowest BCUT2D eigenvalue weighted by atomic mass is 10.0. The van der Waals surface area contributed by atoms with Crippen molar-refractivity contribution in [1.82, 2.24) is 4.98 Å². The van der Waals surface area contributed by atoms with Crippen LogP contribution >= 0.6 is 0 Å². The summed E-state index contributed by atoms with van der Waals surface area (Å²) in [6, 6.07) is 18.4. The normalized spacial score (nSPS) is 11.1. The van der Waals surface area contributed by atoms with Crippen molar-refractivity contribution in [3.05, 3.63) is 77.7 Å². The van der Waals surface area contributed by atoms with Gasteiger partial charge in [-0.2, -0.15) is 0 Å². The van der Waals surface area contributed by atoms with Crippen molar-refractivity contribution in [2.75, 3.05) is 0 Å². The zero-order valence-corrected chi connectivity index (χ0v) is 19.9. The first-order valence-corrected chi connectivity index (χ1v) is 12.6. The Morgan fingerprint density at radius 1 is 0.625 bits per heavy atom. The minimum atomic E-state index is -0.177. The molecule has 2 aromatic carbocycles. The molecule has 32 heavy (non-hydrogen) atoms. The van der Waals surface area contributed by atoms with E-state index in [2.05, 4.69) is 43.1 Å². The molecular weight excluding hydrogens is 393 g/mol. The lowest BCUT2D eigenvalue weighted by Gasteiger charge is -2.08. The summed E-state index contributed by atoms with van der Waals surface area (Å²) < 4.78 is 14.7. The molecule has 0 amide bonds. The molecule has 0 bridgehead atoms. The number of rotatable bonds is 13. The molecule has 0 aliphatic rings. The van der Waals surface area contributed by atoms with Crippen LogP contribution in [0.5, 0.6) is 0 Å². The van der Waals surface area contributed by atoms with Crippen LogP contribution in [-0.4, -0.2) is 4.98 Å². The minimum Gasteiger partial charge on any atom is -0.256 e. The van der Waals surface area contributed by atoms with E-state index in [0.717, 1.165) is 36.0 Å². The van der Waals surface area contributed by atoms with Gasteiger partial charge in [0.25, 0.3) is 0 Å². The highest BCUT2D eigenvalue weighted by molar-refractivity contribution is 5.67. The fraction of sp³-hybridized carbons (Fsp3) is 0.433. The minimum absolute atomic E-state index is 0.177. The van der Waals surface area contributed by atoms with E-state index in [0.29, 0.717) is 11.3 Å². The molecule has 0 spiro atoms. The summed E-state index contributed by atoms with van der Waals surface area (Å²) in [4.78, 5) is 4.56. The molecule has 0 radical (unpaired) electrons. The Labute approximate surface area is 194 Å². The molecule has 1 aromatic heterocycles. The van der Waals surface area contributed by atoms with Crippen LogP contribution in [-0.2, 0) is 12.8 Å². The summed E-state index contributed by atoms with van der Waals surface area (Å²) in [5, 5.41) is 0. The quantitative estimate of drug-likeness (QED) is 0.246. The van der Waals surface area contributed by atoms with Gasteiger partial charge >= 0.3 is 0 Å². The summed E-state index contributed by atoms with van der Waals surface area (Å²) in [6.45, 7) is 4.47. The van der Waals surface area contributed by atoms with Crippen molar-refractivity contribution in [3.8, 4) is 22.4 Å². The second-order valence-corrected chi connectivity index (χ2v) is 8.92. The summed E-state index contributed by atoms with van der Waals surface area (Å²) in [5.74, 6) is -0.177. The Balaban J connectivity index is 1.59. The predicted octanol–water partition coefficient (Wildman–Crippen LogP) is 9.19. The number of unbranched alkanes of at least 4 members (excludes halogenated alkanes) is 7. The third kappa shape index (κ3) is 7.29. The summed E-state index contributed by atoms with van der Waals surface area (Å²) >= 11 is 0. The second-order valence-electron chi connectivity index (χ2n) is 8.92. The second kappa shape index (κ2) is 13.2. The Hall–Kier alpha value is -2.48. The molecule has 0 N–H and O–H groups in total. The van der Waals surface area contributed by atoms with Gasteiger partial charge in [-0.15, -0.1) is 0 Å². The number of hydrogen-bond acceptors (Lipinski definition) is 1. The Morgan fingerprint density at radius 3 is 1.84 bits per heavy atom. The number of nitrogens with zero attached hydrogens (tertiary/aromatic N) is 1. The predicted molar refractivity (Wildman–Crippen MR) is 135 cm³/mol. The molecular formula is C30H38FN. The third-order valence-corrected chi connectivity index (χ3v) is 6.25. The molecule has 170 valence electrons. The average Bonchev–Trinajstić information content (AvgIpc) is 2.82. The van der Waals surface area contributed by atoms with E-state index in [9.17, 15) is 4.39 Å². The molecule has 0 atom stereocenters. The van der Waals surface area contributed by atoms with Crippen LogP contribution in [0.1, 0.15) is 82.8 Å². The average molecular weight is 432 g/mol. The Bertz CT molecular complexity index is 928. The molecule has 0 fully saturated rings. The number of aromatic nitrogens is 1. The maximum Gasteiger partial charge on any atom is 0.132 e. The number of halogens is 1. The van der Waals surface area contributed by atoms with Crippen LogP contribution in [0.15, 0.2) is 60.8 Å². The van der Waals surface area contributed by atoms with E-state index in [1.165, 1.54) is 56.9 Å². The van der Waals surface area contributed by atoms with Crippen LogP contribution in [0.4, 0.5) is 4.39 Å². The van der Waals surface area contributed by atoms with Crippen LogP contribution in [0.2, 0.25) is 0 Å². The largest absolute Gasteiger partial charge is 0.256 e. The first kappa shape index (κ1) is 24.2. The van der Waals surface area contributed by atoms with E-state index in [1.807, 2.05) is 30.5 Å². The van der Waals surface area contributed by atoms with E-state index < -0.39 is 0 Å². The van der Waals surface area contributed by atoms with Gasteiger partial charge in [-0.25, -0.2) is 4.39 Å². The van der Waals surface area contributed by atoms with E-state index in [4.69, 9.17) is 0 Å². The molecule has 2 heteroatoms. The number of aryl methyl sites for hydroxylation is 2. The molecule has 0 saturated carbocycles. The molecule has 0 aliphatic carbocycles. The molecule has 1 nitrogen and oxygen atoms in total. The van der Waals surface area contributed by atoms with Crippen molar-refractivity contribution in [3.63, 3.8) is 0 Å². The maximum atomic E-state index is 14.7. The van der Waals surface area contributed by atoms with Crippen molar-refractivity contribution < 1.29 is 4.39 Å². The zero-order chi connectivity index (χ0) is 22.6. The molecule has 3 rings (SSSR count). The van der Waals surface area contributed by atoms with Gasteiger partial charge in [0, 0.05) is 17.3 Å². The van der Waals surface area contributed by atoms with Crippen LogP contribution in [0, 0.1) is 5.82 Å². The number of benzene rings is 2. The van der Waals surface area contributed by atoms with Crippen molar-refractivity contribution in [2.24, 2.45) is 0 Å². The smallest absolute Gasteiger partial charge is 0.132 e. The van der Waals surface area contributed by atoms with Gasteiger partial charge in [0.05, 0.1) is 5.69 Å². The van der Waals surface area contributed by atoms with Crippen LogP contribution in [0.3, 0.4) is 0 Å². The summed E-state index contributed by atoms with van der Waals surface area (Å²) in [7, 11) is 0. The third-order valence-electron chi connectivity index (χ3n) is 6.25. The summed E-state index contributed by atoms with van der Waals surface area (Å²) in [5.41, 5.74) is 5.95. The molecule has 0 unspecified atom stereocenters. The monoisotopic (exact) mass is 431 g/mol. The van der Waals surface area contributed by atoms with Crippen molar-refractivity contribution in [2.45, 2.75) is 84.5 Å². The Kier molecular flexibility index (Phi) is 9.94. The first-order chi connectivity index (χ1) is 15.7. The number of hydrogen-bond donors (Lipinski definition) is 0. The fourth-order valence-electron chi connectivity index (χ4n) is 4.20. The van der Waals surface area contributed by atoms with Crippen LogP contribution < -0.4 is 0 Å². The summed E-state index contributed by atoms with van der Waals surface area (Å²) in [6.07, 6.45) is 15.3. The lowest BCUT2D eigenvalue weighted by molar-refractivity contribution is 0.617. The van der Waals surface area contributed by atoms with E-state index >= 15 is 0 Å². The first-order valence-electron chi connectivity index (χ1n) is 12.6. The molecule has 3 aromatic rings. The van der Waals surface area contributed by atoms with Gasteiger partial charge in [-0.3, -0.25) is 4.98 Å². The highest BCUT2D eigenvalue weighted by Crippen LogP contribution is 2.26. The number of pyridine rings is 1. The van der Waals surface area contributed by atoms with Crippen LogP contribution in [0.25, 0.3) is 22.4 Å². The SMILES string of the molecule is CCCCCCCc1ccc(-c2ccc(-c3ccc(CCCCCC)cc3)cn2)c(F)c1. The highest BCUT2D eigenvalue weighted by atomic mass is 19.1. The van der Waals surface area contributed by atoms with Gasteiger partial charge < -0.3 is 0 Å². The van der Waals surface area contributed by atoms with Gasteiger partial charge in [0.1, 0.15) is 5.82 Å². The topological polar surface area (TPSA) is 12.9 Å². The standard InChI is InChI=1S/C30H38FN/c1-3-5-7-9-11-13-25-16-20-28(29(31)22-25)30-21-19-27(23-32-30)26-17-14-24(15-18-26)12-10-8-6-4-2/h14-23H,3-13H2,1-2H3. The molecule has 0 saturated heterocycles. The van der Waals surface area contributed by atoms with Gasteiger partial charge in [-0.05, 0) is 60.6 Å². The Morgan fingerprint density at radius 2 is 1.22 bits per heavy atom. The zero-order valence-electron chi connectivity index (χ0n) is 19.9. The van der Waals surface area contributed by atoms with Gasteiger partial charge in [0.2, 0.25) is 0 Å². The maximum absolute atomic E-state index is 14.7. The molecule has 1 heterocycles. The van der Waals surface area contributed by atoms with Gasteiger partial charge in [0.15, 0.2) is 0 Å². The van der Waals surface area contributed by atoms with Crippen molar-refractivity contribution in [1.29, 1.82) is 0 Å². The van der Waals surface area contributed by atoms with E-state index in [1.54, 1.807) is 6.07 Å². The molecule has 0 aliphatic heterocycles. The van der Waals surface area contributed by atoms with E-state index in [-0.39, 0.29) is 5.82 Å². The lowest BCUT2D eigenvalue weighted by Crippen LogP contribution is -1.93. The highest BCUT2D eigenvalue weighted by Gasteiger charge is 2.08. The van der Waals surface area contributed by atoms with Crippen molar-refractivity contribution >= 4 is 0 Å². The fourth-order valence-corrected chi connectivity index (χ4v) is 4.20.